The first kappa shape index (κ1) is 17.8. The Balaban J connectivity index is 3.02. The van der Waals surface area contributed by atoms with E-state index in [2.05, 4.69) is 19.2 Å². The van der Waals surface area contributed by atoms with Gasteiger partial charge >= 0.3 is 6.18 Å². The molecule has 1 rings (SSSR count). The Morgan fingerprint density at radius 2 is 1.76 bits per heavy atom. The molecule has 21 heavy (non-hydrogen) atoms. The van der Waals surface area contributed by atoms with E-state index in [0.29, 0.717) is 18.0 Å². The summed E-state index contributed by atoms with van der Waals surface area (Å²) in [5.41, 5.74) is 0.316. The van der Waals surface area contributed by atoms with Crippen LogP contribution in [0.15, 0.2) is 18.2 Å². The van der Waals surface area contributed by atoms with E-state index in [-0.39, 0.29) is 11.7 Å². The highest BCUT2D eigenvalue weighted by atomic mass is 19.4. The number of hydrogen-bond donors (Lipinski definition) is 1. The summed E-state index contributed by atoms with van der Waals surface area (Å²) in [4.78, 5) is 1.65. The minimum absolute atomic E-state index is 0.0102. The molecular weight excluding hydrogens is 277 g/mol. The summed E-state index contributed by atoms with van der Waals surface area (Å²) in [5.74, 6) is 0.471. The zero-order valence-electron chi connectivity index (χ0n) is 13.4. The van der Waals surface area contributed by atoms with Gasteiger partial charge in [0.15, 0.2) is 0 Å². The second-order valence-corrected chi connectivity index (χ2v) is 6.08. The summed E-state index contributed by atoms with van der Waals surface area (Å²) in [5, 5.41) is 3.17. The van der Waals surface area contributed by atoms with Crippen LogP contribution in [0.25, 0.3) is 0 Å². The van der Waals surface area contributed by atoms with Crippen LogP contribution in [-0.4, -0.2) is 19.6 Å². The van der Waals surface area contributed by atoms with Gasteiger partial charge in [-0.3, -0.25) is 0 Å². The quantitative estimate of drug-likeness (QED) is 0.843. The zero-order valence-corrected chi connectivity index (χ0v) is 13.4. The summed E-state index contributed by atoms with van der Waals surface area (Å²) in [7, 11) is 1.69. The molecule has 0 saturated carbocycles. The highest BCUT2D eigenvalue weighted by molar-refractivity contribution is 5.56. The fourth-order valence-corrected chi connectivity index (χ4v) is 2.01. The molecule has 0 amide bonds. The fraction of sp³-hybridized carbons (Fsp3) is 0.625. The maximum absolute atomic E-state index is 13.3. The number of rotatable bonds is 6. The third-order valence-corrected chi connectivity index (χ3v) is 3.40. The molecule has 0 aliphatic carbocycles. The Labute approximate surface area is 125 Å². The number of benzene rings is 1. The highest BCUT2D eigenvalue weighted by Gasteiger charge is 2.35. The predicted molar refractivity (Wildman–Crippen MR) is 81.5 cm³/mol. The van der Waals surface area contributed by atoms with Crippen molar-refractivity contribution < 1.29 is 13.2 Å². The lowest BCUT2D eigenvalue weighted by Crippen LogP contribution is -2.28. The molecule has 0 bridgehead atoms. The minimum Gasteiger partial charge on any atom is -0.372 e. The molecule has 2 nitrogen and oxygen atoms in total. The van der Waals surface area contributed by atoms with Crippen LogP contribution in [0.1, 0.15) is 38.8 Å². The second kappa shape index (κ2) is 7.16. The van der Waals surface area contributed by atoms with E-state index in [0.717, 1.165) is 6.54 Å². The highest BCUT2D eigenvalue weighted by Crippen LogP contribution is 2.37. The van der Waals surface area contributed by atoms with Gasteiger partial charge in [-0.25, -0.2) is 0 Å². The van der Waals surface area contributed by atoms with E-state index in [1.165, 1.54) is 6.07 Å². The lowest BCUT2D eigenvalue weighted by molar-refractivity contribution is -0.137. The van der Waals surface area contributed by atoms with Crippen molar-refractivity contribution in [1.29, 1.82) is 0 Å². The maximum atomic E-state index is 13.3. The second-order valence-electron chi connectivity index (χ2n) is 6.08. The van der Waals surface area contributed by atoms with Gasteiger partial charge in [0.1, 0.15) is 0 Å². The summed E-state index contributed by atoms with van der Waals surface area (Å²) >= 11 is 0. The molecule has 1 N–H and O–H groups in total. The molecule has 0 fully saturated rings. The van der Waals surface area contributed by atoms with Gasteiger partial charge in [0.25, 0.3) is 0 Å². The van der Waals surface area contributed by atoms with Gasteiger partial charge in [-0.2, -0.15) is 13.2 Å². The van der Waals surface area contributed by atoms with Gasteiger partial charge in [0, 0.05) is 25.3 Å². The van der Waals surface area contributed by atoms with Crippen molar-refractivity contribution in [3.05, 3.63) is 29.3 Å². The SMILES string of the molecule is CC(C)CNCc1ccc(N(C)C(C)C)c(C(F)(F)F)c1. The van der Waals surface area contributed by atoms with Gasteiger partial charge < -0.3 is 10.2 Å². The number of hydrogen-bond acceptors (Lipinski definition) is 2. The first-order valence-electron chi connectivity index (χ1n) is 7.26. The van der Waals surface area contributed by atoms with Crippen LogP contribution >= 0.6 is 0 Å². The monoisotopic (exact) mass is 302 g/mol. The normalized spacial score (nSPS) is 12.3. The van der Waals surface area contributed by atoms with Crippen molar-refractivity contribution in [3.63, 3.8) is 0 Å². The minimum atomic E-state index is -4.34. The molecule has 0 unspecified atom stereocenters. The van der Waals surface area contributed by atoms with Crippen LogP contribution in [0.2, 0.25) is 0 Å². The first-order valence-corrected chi connectivity index (χ1v) is 7.26. The average molecular weight is 302 g/mol. The van der Waals surface area contributed by atoms with Crippen molar-refractivity contribution >= 4 is 5.69 Å². The zero-order chi connectivity index (χ0) is 16.2. The van der Waals surface area contributed by atoms with Crippen molar-refractivity contribution in [2.75, 3.05) is 18.5 Å². The number of halogens is 3. The molecule has 0 spiro atoms. The van der Waals surface area contributed by atoms with Crippen LogP contribution < -0.4 is 10.2 Å². The van der Waals surface area contributed by atoms with Gasteiger partial charge in [-0.05, 0) is 44.0 Å². The van der Waals surface area contributed by atoms with Gasteiger partial charge in [-0.1, -0.05) is 19.9 Å². The fourth-order valence-electron chi connectivity index (χ4n) is 2.01. The topological polar surface area (TPSA) is 15.3 Å². The number of anilines is 1. The van der Waals surface area contributed by atoms with Gasteiger partial charge in [0.05, 0.1) is 5.56 Å². The summed E-state index contributed by atoms with van der Waals surface area (Å²) in [6.45, 7) is 9.11. The number of nitrogens with zero attached hydrogens (tertiary/aromatic N) is 1. The largest absolute Gasteiger partial charge is 0.418 e. The predicted octanol–water partition coefficient (Wildman–Crippen LogP) is 4.30. The Hall–Kier alpha value is -1.23. The number of alkyl halides is 3. The van der Waals surface area contributed by atoms with E-state index in [1.807, 2.05) is 13.8 Å². The molecule has 1 aromatic rings. The lowest BCUT2D eigenvalue weighted by atomic mass is 10.1. The van der Waals surface area contributed by atoms with Crippen LogP contribution in [0.4, 0.5) is 18.9 Å². The Kier molecular flexibility index (Phi) is 6.08. The van der Waals surface area contributed by atoms with Crippen molar-refractivity contribution in [2.45, 2.75) is 46.5 Å². The van der Waals surface area contributed by atoms with E-state index in [1.54, 1.807) is 24.1 Å². The molecule has 0 atom stereocenters. The molecule has 0 aromatic heterocycles. The summed E-state index contributed by atoms with van der Waals surface area (Å²) in [6.07, 6.45) is -4.34. The standard InChI is InChI=1S/C16H25F3N2/c1-11(2)9-20-10-13-6-7-15(21(5)12(3)4)14(8-13)16(17,18)19/h6-8,11-12,20H,9-10H2,1-5H3. The van der Waals surface area contributed by atoms with Crippen LogP contribution in [0.5, 0.6) is 0 Å². The molecule has 120 valence electrons. The molecule has 5 heteroatoms. The van der Waals surface area contributed by atoms with Crippen molar-refractivity contribution in [1.82, 2.24) is 5.32 Å². The van der Waals surface area contributed by atoms with Crippen LogP contribution in [0, 0.1) is 5.92 Å². The van der Waals surface area contributed by atoms with Gasteiger partial charge in [0.2, 0.25) is 0 Å². The molecule has 0 aliphatic heterocycles. The first-order chi connectivity index (χ1) is 9.62. The summed E-state index contributed by atoms with van der Waals surface area (Å²) < 4.78 is 39.8. The Bertz CT molecular complexity index is 453. The van der Waals surface area contributed by atoms with E-state index < -0.39 is 11.7 Å². The summed E-state index contributed by atoms with van der Waals surface area (Å²) in [6, 6.07) is 4.59. The van der Waals surface area contributed by atoms with Crippen molar-refractivity contribution in [2.24, 2.45) is 5.92 Å². The van der Waals surface area contributed by atoms with Crippen molar-refractivity contribution in [3.8, 4) is 0 Å². The van der Waals surface area contributed by atoms with E-state index in [9.17, 15) is 13.2 Å². The van der Waals surface area contributed by atoms with E-state index >= 15 is 0 Å². The smallest absolute Gasteiger partial charge is 0.372 e. The Morgan fingerprint density at radius 3 is 2.24 bits per heavy atom. The molecule has 0 aliphatic rings. The molecule has 1 aromatic carbocycles. The third kappa shape index (κ3) is 5.23. The third-order valence-electron chi connectivity index (χ3n) is 3.40. The molecule has 0 heterocycles. The molecular formula is C16H25F3N2. The van der Waals surface area contributed by atoms with Gasteiger partial charge in [-0.15, -0.1) is 0 Å². The lowest BCUT2D eigenvalue weighted by Gasteiger charge is -2.27. The maximum Gasteiger partial charge on any atom is 0.418 e. The van der Waals surface area contributed by atoms with Crippen LogP contribution in [0.3, 0.4) is 0 Å². The molecule has 0 saturated heterocycles. The van der Waals surface area contributed by atoms with E-state index in [4.69, 9.17) is 0 Å². The number of nitrogens with one attached hydrogen (secondary N) is 1. The average Bonchev–Trinajstić information content (AvgIpc) is 2.36. The molecule has 0 radical (unpaired) electrons. The Morgan fingerprint density at radius 1 is 1.14 bits per heavy atom. The van der Waals surface area contributed by atoms with Crippen LogP contribution in [-0.2, 0) is 12.7 Å².